The summed E-state index contributed by atoms with van der Waals surface area (Å²) >= 11 is 0. The number of benzene rings is 1. The third-order valence-electron chi connectivity index (χ3n) is 3.95. The van der Waals surface area contributed by atoms with Gasteiger partial charge >= 0.3 is 0 Å². The van der Waals surface area contributed by atoms with Gasteiger partial charge in [0.2, 0.25) is 0 Å². The first-order valence-electron chi connectivity index (χ1n) is 7.01. The minimum atomic E-state index is 0.695. The lowest BCUT2D eigenvalue weighted by Gasteiger charge is -2.21. The van der Waals surface area contributed by atoms with Crippen LogP contribution < -0.4 is 15.1 Å². The van der Waals surface area contributed by atoms with E-state index in [4.69, 9.17) is 0 Å². The van der Waals surface area contributed by atoms with Crippen molar-refractivity contribution >= 4 is 11.4 Å². The van der Waals surface area contributed by atoms with Gasteiger partial charge in [-0.25, -0.2) is 0 Å². The summed E-state index contributed by atoms with van der Waals surface area (Å²) in [5.74, 6) is 0. The van der Waals surface area contributed by atoms with Crippen LogP contribution in [0.15, 0.2) is 24.3 Å². The van der Waals surface area contributed by atoms with Crippen molar-refractivity contribution in [1.82, 2.24) is 5.32 Å². The zero-order valence-electron chi connectivity index (χ0n) is 11.4. The van der Waals surface area contributed by atoms with Crippen LogP contribution in [0.3, 0.4) is 0 Å². The van der Waals surface area contributed by atoms with Gasteiger partial charge in [0.25, 0.3) is 0 Å². The second-order valence-corrected chi connectivity index (χ2v) is 5.79. The summed E-state index contributed by atoms with van der Waals surface area (Å²) in [7, 11) is 4.20. The molecule has 1 aromatic carbocycles. The second kappa shape index (κ2) is 4.81. The van der Waals surface area contributed by atoms with Gasteiger partial charge in [-0.1, -0.05) is 6.07 Å². The van der Waals surface area contributed by atoms with Crippen molar-refractivity contribution in [3.05, 3.63) is 24.3 Å². The maximum atomic E-state index is 3.74. The zero-order valence-corrected chi connectivity index (χ0v) is 11.4. The average Bonchev–Trinajstić information content (AvgIpc) is 3.05. The molecule has 98 valence electrons. The van der Waals surface area contributed by atoms with Gasteiger partial charge in [0.05, 0.1) is 0 Å². The van der Waals surface area contributed by atoms with Gasteiger partial charge in [-0.2, -0.15) is 0 Å². The van der Waals surface area contributed by atoms with Crippen LogP contribution in [0.5, 0.6) is 0 Å². The van der Waals surface area contributed by atoms with Crippen LogP contribution in [0.25, 0.3) is 0 Å². The molecule has 1 N–H and O–H groups in total. The van der Waals surface area contributed by atoms with Gasteiger partial charge in [0.1, 0.15) is 0 Å². The molecular formula is C15H23N3. The SMILES string of the molecule is CN(C)c1cccc(N2CCC(NC3CC3)C2)c1. The molecule has 3 rings (SSSR count). The standard InChI is InChI=1S/C15H23N3/c1-17(2)14-4-3-5-15(10-14)18-9-8-13(11-18)16-12-6-7-12/h3-5,10,12-13,16H,6-9,11H2,1-2H3. The molecule has 0 bridgehead atoms. The van der Waals surface area contributed by atoms with Crippen LogP contribution in [0.1, 0.15) is 19.3 Å². The molecule has 1 unspecified atom stereocenters. The first-order valence-corrected chi connectivity index (χ1v) is 7.01. The zero-order chi connectivity index (χ0) is 12.5. The van der Waals surface area contributed by atoms with E-state index in [0.29, 0.717) is 6.04 Å². The summed E-state index contributed by atoms with van der Waals surface area (Å²) in [5.41, 5.74) is 2.65. The molecule has 3 heteroatoms. The van der Waals surface area contributed by atoms with Crippen molar-refractivity contribution in [2.45, 2.75) is 31.3 Å². The molecule has 0 amide bonds. The summed E-state index contributed by atoms with van der Waals surface area (Å²) in [5, 5.41) is 3.74. The summed E-state index contributed by atoms with van der Waals surface area (Å²) < 4.78 is 0. The van der Waals surface area contributed by atoms with Gasteiger partial charge < -0.3 is 15.1 Å². The summed E-state index contributed by atoms with van der Waals surface area (Å²) in [4.78, 5) is 4.67. The second-order valence-electron chi connectivity index (χ2n) is 5.79. The van der Waals surface area contributed by atoms with E-state index < -0.39 is 0 Å². The van der Waals surface area contributed by atoms with E-state index in [-0.39, 0.29) is 0 Å². The molecule has 1 saturated heterocycles. The van der Waals surface area contributed by atoms with Crippen LogP contribution in [-0.2, 0) is 0 Å². The molecular weight excluding hydrogens is 222 g/mol. The molecule has 0 radical (unpaired) electrons. The predicted molar refractivity (Wildman–Crippen MR) is 77.5 cm³/mol. The van der Waals surface area contributed by atoms with Crippen molar-refractivity contribution in [2.75, 3.05) is 37.0 Å². The smallest absolute Gasteiger partial charge is 0.0387 e. The fourth-order valence-corrected chi connectivity index (χ4v) is 2.68. The summed E-state index contributed by atoms with van der Waals surface area (Å²) in [6.07, 6.45) is 4.04. The Bertz CT molecular complexity index is 412. The number of nitrogens with one attached hydrogen (secondary N) is 1. The molecule has 1 aliphatic carbocycles. The lowest BCUT2D eigenvalue weighted by atomic mass is 10.2. The number of anilines is 2. The highest BCUT2D eigenvalue weighted by Gasteiger charge is 2.29. The van der Waals surface area contributed by atoms with E-state index >= 15 is 0 Å². The van der Waals surface area contributed by atoms with E-state index in [1.54, 1.807) is 0 Å². The Morgan fingerprint density at radius 2 is 2.00 bits per heavy atom. The van der Waals surface area contributed by atoms with Crippen LogP contribution in [0.4, 0.5) is 11.4 Å². The molecule has 1 saturated carbocycles. The number of rotatable bonds is 4. The molecule has 1 aliphatic heterocycles. The van der Waals surface area contributed by atoms with Crippen molar-refractivity contribution in [3.8, 4) is 0 Å². The van der Waals surface area contributed by atoms with E-state index in [0.717, 1.165) is 12.6 Å². The maximum absolute atomic E-state index is 3.74. The van der Waals surface area contributed by atoms with E-state index in [1.165, 1.54) is 37.2 Å². The van der Waals surface area contributed by atoms with Gasteiger partial charge in [0, 0.05) is 50.6 Å². The van der Waals surface area contributed by atoms with Gasteiger partial charge in [0.15, 0.2) is 0 Å². The van der Waals surface area contributed by atoms with Crippen LogP contribution >= 0.6 is 0 Å². The maximum Gasteiger partial charge on any atom is 0.0387 e. The lowest BCUT2D eigenvalue weighted by Crippen LogP contribution is -2.33. The fourth-order valence-electron chi connectivity index (χ4n) is 2.68. The Morgan fingerprint density at radius 3 is 2.72 bits per heavy atom. The van der Waals surface area contributed by atoms with E-state index in [2.05, 4.69) is 53.5 Å². The molecule has 2 fully saturated rings. The molecule has 18 heavy (non-hydrogen) atoms. The van der Waals surface area contributed by atoms with Crippen LogP contribution in [-0.4, -0.2) is 39.3 Å². The minimum Gasteiger partial charge on any atom is -0.378 e. The summed E-state index contributed by atoms with van der Waals surface area (Å²) in [6, 6.07) is 10.4. The number of hydrogen-bond acceptors (Lipinski definition) is 3. The Morgan fingerprint density at radius 1 is 1.17 bits per heavy atom. The van der Waals surface area contributed by atoms with Crippen LogP contribution in [0, 0.1) is 0 Å². The van der Waals surface area contributed by atoms with Crippen molar-refractivity contribution in [1.29, 1.82) is 0 Å². The lowest BCUT2D eigenvalue weighted by molar-refractivity contribution is 0.548. The molecule has 1 atom stereocenters. The Labute approximate surface area is 110 Å². The molecule has 2 aliphatic rings. The molecule has 1 aromatic rings. The first-order chi connectivity index (χ1) is 8.72. The van der Waals surface area contributed by atoms with Crippen LogP contribution in [0.2, 0.25) is 0 Å². The normalized spacial score (nSPS) is 23.4. The topological polar surface area (TPSA) is 18.5 Å². The first kappa shape index (κ1) is 11.8. The Kier molecular flexibility index (Phi) is 3.16. The van der Waals surface area contributed by atoms with Gasteiger partial charge in [-0.15, -0.1) is 0 Å². The highest BCUT2D eigenvalue weighted by molar-refractivity contribution is 5.59. The summed E-state index contributed by atoms with van der Waals surface area (Å²) in [6.45, 7) is 2.34. The Hall–Kier alpha value is -1.22. The molecule has 3 nitrogen and oxygen atoms in total. The largest absolute Gasteiger partial charge is 0.378 e. The highest BCUT2D eigenvalue weighted by atomic mass is 15.2. The van der Waals surface area contributed by atoms with Crippen molar-refractivity contribution in [2.24, 2.45) is 0 Å². The van der Waals surface area contributed by atoms with Crippen molar-refractivity contribution < 1.29 is 0 Å². The highest BCUT2D eigenvalue weighted by Crippen LogP contribution is 2.26. The quantitative estimate of drug-likeness (QED) is 0.876. The molecule has 1 heterocycles. The van der Waals surface area contributed by atoms with Gasteiger partial charge in [-0.05, 0) is 37.5 Å². The average molecular weight is 245 g/mol. The van der Waals surface area contributed by atoms with Gasteiger partial charge in [-0.3, -0.25) is 0 Å². The number of nitrogens with zero attached hydrogens (tertiary/aromatic N) is 2. The van der Waals surface area contributed by atoms with Crippen molar-refractivity contribution in [3.63, 3.8) is 0 Å². The molecule has 0 spiro atoms. The number of hydrogen-bond donors (Lipinski definition) is 1. The fraction of sp³-hybridized carbons (Fsp3) is 0.600. The Balaban J connectivity index is 1.65. The van der Waals surface area contributed by atoms with E-state index in [1.807, 2.05) is 0 Å². The molecule has 0 aromatic heterocycles. The monoisotopic (exact) mass is 245 g/mol. The predicted octanol–water partition coefficient (Wildman–Crippen LogP) is 2.08. The van der Waals surface area contributed by atoms with E-state index in [9.17, 15) is 0 Å². The minimum absolute atomic E-state index is 0.695. The third-order valence-corrected chi connectivity index (χ3v) is 3.95. The third kappa shape index (κ3) is 2.61.